The number of nitrogens with zero attached hydrogens (tertiary/aromatic N) is 5. The third kappa shape index (κ3) is 5.09. The Balaban J connectivity index is 0.932. The van der Waals surface area contributed by atoms with Crippen LogP contribution in [0.5, 0.6) is 11.5 Å². The van der Waals surface area contributed by atoms with E-state index in [2.05, 4.69) is 171 Å². The van der Waals surface area contributed by atoms with Gasteiger partial charge in [0.1, 0.15) is 24.0 Å². The number of benzene rings is 5. The first kappa shape index (κ1) is 32.8. The summed E-state index contributed by atoms with van der Waals surface area (Å²) >= 11 is 0. The van der Waals surface area contributed by atoms with Crippen LogP contribution in [0.4, 0.5) is 22.7 Å². The first-order chi connectivity index (χ1) is 28.2. The van der Waals surface area contributed by atoms with Crippen LogP contribution < -0.4 is 14.5 Å². The molecule has 0 atom stereocenters. The fourth-order valence-corrected chi connectivity index (χ4v) is 11.8. The molecule has 1 aliphatic heterocycles. The van der Waals surface area contributed by atoms with E-state index in [1.807, 2.05) is 12.4 Å². The van der Waals surface area contributed by atoms with Crippen LogP contribution >= 0.6 is 0 Å². The van der Waals surface area contributed by atoms with Crippen LogP contribution in [0, 0.1) is 23.7 Å². The van der Waals surface area contributed by atoms with Crippen molar-refractivity contribution >= 4 is 44.6 Å². The third-order valence-electron chi connectivity index (χ3n) is 13.9. The number of pyridine rings is 2. The quantitative estimate of drug-likeness (QED) is 0.163. The molecule has 0 amide bonds. The maximum atomic E-state index is 6.75. The lowest BCUT2D eigenvalue weighted by molar-refractivity contribution is -0.0418. The molecule has 0 saturated heterocycles. The van der Waals surface area contributed by atoms with Gasteiger partial charge in [0, 0.05) is 58.3 Å². The molecule has 0 N–H and O–H groups in total. The van der Waals surface area contributed by atoms with Crippen molar-refractivity contribution in [3.05, 3.63) is 175 Å². The van der Waals surface area contributed by atoms with Crippen molar-refractivity contribution in [2.75, 3.05) is 16.5 Å². The monoisotopic (exact) mass is 741 g/mol. The van der Waals surface area contributed by atoms with Crippen LogP contribution in [0.15, 0.2) is 164 Å². The summed E-state index contributed by atoms with van der Waals surface area (Å²) in [5.74, 6) is 5.56. The van der Waals surface area contributed by atoms with Crippen LogP contribution in [0.2, 0.25) is 0 Å². The highest BCUT2D eigenvalue weighted by Crippen LogP contribution is 2.65. The maximum Gasteiger partial charge on any atom is 0.137 e. The topological polar surface area (TPSA) is 46.4 Å². The van der Waals surface area contributed by atoms with E-state index in [1.165, 1.54) is 71.1 Å². The molecule has 4 heterocycles. The summed E-state index contributed by atoms with van der Waals surface area (Å²) in [7, 11) is 0. The van der Waals surface area contributed by atoms with Crippen molar-refractivity contribution in [3.63, 3.8) is 0 Å². The van der Waals surface area contributed by atoms with Gasteiger partial charge in [-0.2, -0.15) is 0 Å². The Morgan fingerprint density at radius 3 is 1.95 bits per heavy atom. The summed E-state index contributed by atoms with van der Waals surface area (Å²) in [6.45, 7) is 0.718. The number of hydrogen-bond acceptors (Lipinski definition) is 5. The molecule has 6 heteroatoms. The first-order valence-corrected chi connectivity index (χ1v) is 20.6. The molecule has 5 aromatic carbocycles. The van der Waals surface area contributed by atoms with Gasteiger partial charge in [-0.1, -0.05) is 54.6 Å². The van der Waals surface area contributed by atoms with E-state index in [1.54, 1.807) is 0 Å². The zero-order chi connectivity index (χ0) is 37.5. The molecular formula is C51H43N5O. The van der Waals surface area contributed by atoms with Gasteiger partial charge < -0.3 is 14.5 Å². The Morgan fingerprint density at radius 2 is 1.16 bits per heavy atom. The molecule has 4 fully saturated rings. The lowest BCUT2D eigenvalue weighted by Gasteiger charge is -2.62. The number of aromatic nitrogens is 3. The summed E-state index contributed by atoms with van der Waals surface area (Å²) in [6.07, 6.45) is 12.8. The number of para-hydroxylation sites is 4. The van der Waals surface area contributed by atoms with Crippen LogP contribution in [-0.2, 0) is 5.41 Å². The number of fused-ring (bicyclic) bond motifs is 4. The Hall–Kier alpha value is -6.40. The lowest BCUT2D eigenvalue weighted by atomic mass is 9.42. The molecule has 8 aromatic rings. The zero-order valence-corrected chi connectivity index (χ0v) is 31.8. The van der Waals surface area contributed by atoms with Crippen molar-refractivity contribution < 1.29 is 4.74 Å². The fraction of sp³-hybridized carbons (Fsp3) is 0.216. The van der Waals surface area contributed by atoms with Crippen LogP contribution in [0.3, 0.4) is 0 Å². The number of hydrogen-bond donors (Lipinski definition) is 0. The molecule has 4 aliphatic carbocycles. The van der Waals surface area contributed by atoms with Gasteiger partial charge in [0.05, 0.1) is 22.4 Å². The molecule has 278 valence electrons. The third-order valence-corrected chi connectivity index (χ3v) is 13.9. The molecule has 0 unspecified atom stereocenters. The van der Waals surface area contributed by atoms with Crippen molar-refractivity contribution in [2.24, 2.45) is 23.7 Å². The van der Waals surface area contributed by atoms with Crippen molar-refractivity contribution in [1.29, 1.82) is 0 Å². The van der Waals surface area contributed by atoms with Crippen LogP contribution in [-0.4, -0.2) is 21.2 Å². The van der Waals surface area contributed by atoms with E-state index in [0.717, 1.165) is 52.5 Å². The van der Waals surface area contributed by atoms with Crippen molar-refractivity contribution in [3.8, 4) is 17.3 Å². The highest BCUT2D eigenvalue weighted by Gasteiger charge is 2.58. The maximum absolute atomic E-state index is 6.75. The van der Waals surface area contributed by atoms with Crippen molar-refractivity contribution in [2.45, 2.75) is 37.5 Å². The van der Waals surface area contributed by atoms with Gasteiger partial charge in [-0.05, 0) is 146 Å². The summed E-state index contributed by atoms with van der Waals surface area (Å²) in [5.41, 5.74) is 9.67. The van der Waals surface area contributed by atoms with Gasteiger partial charge in [-0.15, -0.1) is 0 Å². The Bertz CT molecular complexity index is 2770. The van der Waals surface area contributed by atoms with Crippen LogP contribution in [0.1, 0.15) is 43.2 Å². The molecule has 0 radical (unpaired) electrons. The molecule has 5 aliphatic rings. The predicted octanol–water partition coefficient (Wildman–Crippen LogP) is 12.4. The Kier molecular flexibility index (Phi) is 7.38. The van der Waals surface area contributed by atoms with E-state index < -0.39 is 0 Å². The fourth-order valence-electron chi connectivity index (χ4n) is 11.8. The minimum absolute atomic E-state index is 0.0277. The summed E-state index contributed by atoms with van der Waals surface area (Å²) in [6, 6.07) is 52.2. The van der Waals surface area contributed by atoms with Gasteiger partial charge >= 0.3 is 0 Å². The predicted molar refractivity (Wildman–Crippen MR) is 229 cm³/mol. The summed E-state index contributed by atoms with van der Waals surface area (Å²) in [4.78, 5) is 14.3. The number of ether oxygens (including phenoxy) is 1. The minimum atomic E-state index is -0.0277. The van der Waals surface area contributed by atoms with E-state index in [0.29, 0.717) is 11.8 Å². The molecule has 0 spiro atoms. The van der Waals surface area contributed by atoms with Gasteiger partial charge in [-0.3, -0.25) is 9.55 Å². The molecule has 3 aromatic heterocycles. The molecule has 57 heavy (non-hydrogen) atoms. The average Bonchev–Trinajstić information content (AvgIpc) is 3.81. The lowest BCUT2D eigenvalue weighted by Crippen LogP contribution is -2.56. The van der Waals surface area contributed by atoms with E-state index in [-0.39, 0.29) is 5.41 Å². The average molecular weight is 742 g/mol. The second-order valence-electron chi connectivity index (χ2n) is 16.8. The second kappa shape index (κ2) is 12.8. The van der Waals surface area contributed by atoms with Gasteiger partial charge in [0.25, 0.3) is 0 Å². The highest BCUT2D eigenvalue weighted by molar-refractivity contribution is 6.09. The Labute approximate surface area is 333 Å². The zero-order valence-electron chi connectivity index (χ0n) is 31.8. The van der Waals surface area contributed by atoms with Gasteiger partial charge in [0.2, 0.25) is 0 Å². The SMILES string of the molecule is c1ccc(N2CN(c3cccc(Oc4ccc5c6ccccc6n(-c6cc(C7(c8ccncc8)C8CC9CC(C8)CC7C9)ccn6)c5c4)c3)c3ccccc32)cc1. The summed E-state index contributed by atoms with van der Waals surface area (Å²) < 4.78 is 9.10. The van der Waals surface area contributed by atoms with Crippen LogP contribution in [0.25, 0.3) is 27.6 Å². The minimum Gasteiger partial charge on any atom is -0.457 e. The summed E-state index contributed by atoms with van der Waals surface area (Å²) in [5, 5.41) is 2.40. The Morgan fingerprint density at radius 1 is 0.509 bits per heavy atom. The van der Waals surface area contributed by atoms with Gasteiger partial charge in [-0.25, -0.2) is 4.98 Å². The number of rotatable bonds is 7. The standard InChI is InChI=1S/C51H43N5O/c1-2-9-40(10-3-1)54-33-55(48-16-7-6-15-47(48)54)41-11-8-12-42(31-41)57-43-17-18-45-44-13-4-5-14-46(44)56(49(45)32-43)50-30-37(21-24-53-50)51(36-19-22-52-23-20-36)38-26-34-25-35(28-38)29-39(51)27-34/h1-24,30-32,34-35,38-39H,25-29,33H2. The first-order valence-electron chi connectivity index (χ1n) is 20.6. The molecule has 13 rings (SSSR count). The van der Waals surface area contributed by atoms with E-state index >= 15 is 0 Å². The highest BCUT2D eigenvalue weighted by atomic mass is 16.5. The molecule has 4 saturated carbocycles. The number of anilines is 4. The second-order valence-corrected chi connectivity index (χ2v) is 16.8. The van der Waals surface area contributed by atoms with E-state index in [4.69, 9.17) is 9.72 Å². The molecule has 4 bridgehead atoms. The smallest absolute Gasteiger partial charge is 0.137 e. The largest absolute Gasteiger partial charge is 0.457 e. The molecule has 6 nitrogen and oxygen atoms in total. The van der Waals surface area contributed by atoms with Crippen molar-refractivity contribution in [1.82, 2.24) is 14.5 Å². The molecular weight excluding hydrogens is 699 g/mol. The normalized spacial score (nSPS) is 23.4. The van der Waals surface area contributed by atoms with E-state index in [9.17, 15) is 0 Å². The van der Waals surface area contributed by atoms with Gasteiger partial charge in [0.15, 0.2) is 0 Å².